The third-order valence-corrected chi connectivity index (χ3v) is 5.18. The zero-order valence-electron chi connectivity index (χ0n) is 14.4. The monoisotopic (exact) mass is 345 g/mol. The largest absolute Gasteiger partial charge is 0.366 e. The molecular formula is C18H23N3O4. The number of ketones is 1. The third kappa shape index (κ3) is 3.65. The Hall–Kier alpha value is -2.44. The van der Waals surface area contributed by atoms with E-state index in [0.29, 0.717) is 37.2 Å². The molecule has 0 spiro atoms. The molecule has 0 aliphatic carbocycles. The molecule has 0 atom stereocenters. The summed E-state index contributed by atoms with van der Waals surface area (Å²) in [6.45, 7) is 4.34. The number of piperidine rings is 1. The third-order valence-electron chi connectivity index (χ3n) is 5.18. The van der Waals surface area contributed by atoms with Crippen LogP contribution in [-0.4, -0.2) is 47.7 Å². The first-order valence-corrected chi connectivity index (χ1v) is 8.80. The highest BCUT2D eigenvalue weighted by molar-refractivity contribution is 5.95. The number of carbonyl (C=O) groups is 2. The van der Waals surface area contributed by atoms with Gasteiger partial charge in [0.2, 0.25) is 5.91 Å². The molecule has 2 heterocycles. The number of nitrogens with zero attached hydrogens (tertiary/aromatic N) is 3. The number of anilines is 1. The van der Waals surface area contributed by atoms with Gasteiger partial charge in [0.25, 0.3) is 5.69 Å². The maximum atomic E-state index is 12.5. The van der Waals surface area contributed by atoms with Crippen molar-refractivity contribution in [2.75, 3.05) is 31.1 Å². The van der Waals surface area contributed by atoms with Crippen LogP contribution < -0.4 is 4.90 Å². The van der Waals surface area contributed by atoms with Gasteiger partial charge in [-0.3, -0.25) is 19.7 Å². The predicted molar refractivity (Wildman–Crippen MR) is 93.9 cm³/mol. The van der Waals surface area contributed by atoms with Gasteiger partial charge in [-0.05, 0) is 44.7 Å². The summed E-state index contributed by atoms with van der Waals surface area (Å²) in [6.07, 6.45) is 3.58. The van der Waals surface area contributed by atoms with Crippen molar-refractivity contribution in [1.29, 1.82) is 0 Å². The Balaban J connectivity index is 1.71. The topological polar surface area (TPSA) is 83.8 Å². The molecule has 0 saturated carbocycles. The summed E-state index contributed by atoms with van der Waals surface area (Å²) in [4.78, 5) is 38.8. The van der Waals surface area contributed by atoms with Gasteiger partial charge >= 0.3 is 0 Å². The molecule has 7 nitrogen and oxygen atoms in total. The van der Waals surface area contributed by atoms with Gasteiger partial charge in [0.05, 0.1) is 4.92 Å². The molecule has 2 saturated heterocycles. The molecule has 1 amide bonds. The molecule has 134 valence electrons. The Kier molecular flexibility index (Phi) is 5.01. The summed E-state index contributed by atoms with van der Waals surface area (Å²) < 4.78 is 0. The van der Waals surface area contributed by atoms with E-state index in [9.17, 15) is 19.7 Å². The molecule has 3 rings (SSSR count). The fraction of sp³-hybridized carbons (Fsp3) is 0.556. The second-order valence-corrected chi connectivity index (χ2v) is 6.81. The molecule has 25 heavy (non-hydrogen) atoms. The van der Waals surface area contributed by atoms with Crippen molar-refractivity contribution >= 4 is 23.1 Å². The van der Waals surface area contributed by atoms with E-state index in [1.807, 2.05) is 9.80 Å². The highest BCUT2D eigenvalue weighted by Crippen LogP contribution is 2.33. The second-order valence-electron chi connectivity index (χ2n) is 6.81. The number of rotatable bonds is 4. The average molecular weight is 345 g/mol. The Morgan fingerprint density at radius 1 is 1.12 bits per heavy atom. The van der Waals surface area contributed by atoms with Crippen molar-refractivity contribution in [2.24, 2.45) is 5.92 Å². The number of hydrogen-bond donors (Lipinski definition) is 0. The van der Waals surface area contributed by atoms with Gasteiger partial charge in [-0.25, -0.2) is 0 Å². The van der Waals surface area contributed by atoms with Crippen LogP contribution in [0.25, 0.3) is 0 Å². The minimum absolute atomic E-state index is 0.0184. The van der Waals surface area contributed by atoms with Gasteiger partial charge in [0, 0.05) is 43.7 Å². The van der Waals surface area contributed by atoms with Gasteiger partial charge in [0.1, 0.15) is 5.69 Å². The molecule has 0 radical (unpaired) electrons. The molecule has 7 heteroatoms. The van der Waals surface area contributed by atoms with Gasteiger partial charge in [-0.1, -0.05) is 0 Å². The first-order valence-electron chi connectivity index (χ1n) is 8.80. The van der Waals surface area contributed by atoms with Crippen LogP contribution in [0.4, 0.5) is 11.4 Å². The van der Waals surface area contributed by atoms with Crippen LogP contribution in [-0.2, 0) is 4.79 Å². The molecule has 0 aromatic heterocycles. The first-order chi connectivity index (χ1) is 12.0. The number of nitro benzene ring substituents is 1. The number of Topliss-reactive ketones (excluding diaryl/α,β-unsaturated/α-hetero) is 1. The van der Waals surface area contributed by atoms with Crippen molar-refractivity contribution < 1.29 is 14.5 Å². The summed E-state index contributed by atoms with van der Waals surface area (Å²) in [5.41, 5.74) is 0.827. The lowest BCUT2D eigenvalue weighted by Gasteiger charge is -2.34. The van der Waals surface area contributed by atoms with Crippen LogP contribution in [0, 0.1) is 16.0 Å². The number of benzene rings is 1. The highest BCUT2D eigenvalue weighted by Gasteiger charge is 2.31. The molecule has 1 aromatic carbocycles. The summed E-state index contributed by atoms with van der Waals surface area (Å²) in [6, 6.07) is 4.63. The van der Waals surface area contributed by atoms with Crippen molar-refractivity contribution in [3.05, 3.63) is 33.9 Å². The summed E-state index contributed by atoms with van der Waals surface area (Å²) >= 11 is 0. The molecule has 1 aromatic rings. The van der Waals surface area contributed by atoms with E-state index in [1.165, 1.54) is 13.0 Å². The highest BCUT2D eigenvalue weighted by atomic mass is 16.6. The summed E-state index contributed by atoms with van der Waals surface area (Å²) in [5, 5.41) is 11.4. The molecule has 2 fully saturated rings. The molecule has 0 bridgehead atoms. The predicted octanol–water partition coefficient (Wildman–Crippen LogP) is 2.64. The van der Waals surface area contributed by atoms with E-state index in [4.69, 9.17) is 0 Å². The van der Waals surface area contributed by atoms with Gasteiger partial charge in [-0.2, -0.15) is 0 Å². The maximum Gasteiger partial charge on any atom is 0.293 e. The van der Waals surface area contributed by atoms with Crippen LogP contribution >= 0.6 is 0 Å². The number of hydrogen-bond acceptors (Lipinski definition) is 5. The van der Waals surface area contributed by atoms with Crippen LogP contribution in [0.2, 0.25) is 0 Å². The quantitative estimate of drug-likeness (QED) is 0.476. The fourth-order valence-corrected chi connectivity index (χ4v) is 3.72. The van der Waals surface area contributed by atoms with E-state index in [0.717, 1.165) is 25.9 Å². The van der Waals surface area contributed by atoms with Gasteiger partial charge < -0.3 is 9.80 Å². The van der Waals surface area contributed by atoms with Crippen LogP contribution in [0.15, 0.2) is 18.2 Å². The van der Waals surface area contributed by atoms with E-state index in [1.54, 1.807) is 12.1 Å². The van der Waals surface area contributed by atoms with Crippen LogP contribution in [0.1, 0.15) is 43.0 Å². The maximum absolute atomic E-state index is 12.5. The Morgan fingerprint density at radius 2 is 1.76 bits per heavy atom. The van der Waals surface area contributed by atoms with Crippen LogP contribution in [0.5, 0.6) is 0 Å². The smallest absolute Gasteiger partial charge is 0.293 e. The molecule has 0 N–H and O–H groups in total. The Bertz CT molecular complexity index is 690. The number of amides is 1. The summed E-state index contributed by atoms with van der Waals surface area (Å²) in [7, 11) is 0. The number of carbonyl (C=O) groups excluding carboxylic acids is 2. The van der Waals surface area contributed by atoms with Crippen molar-refractivity contribution in [2.45, 2.75) is 32.6 Å². The lowest BCUT2D eigenvalue weighted by atomic mass is 9.94. The van der Waals surface area contributed by atoms with Crippen LogP contribution in [0.3, 0.4) is 0 Å². The minimum atomic E-state index is -0.441. The normalized spacial score (nSPS) is 18.4. The van der Waals surface area contributed by atoms with Gasteiger partial charge in [-0.15, -0.1) is 0 Å². The van der Waals surface area contributed by atoms with Crippen molar-refractivity contribution in [3.63, 3.8) is 0 Å². The molecule has 0 unspecified atom stereocenters. The average Bonchev–Trinajstić information content (AvgIpc) is 3.15. The van der Waals surface area contributed by atoms with E-state index in [-0.39, 0.29) is 23.3 Å². The van der Waals surface area contributed by atoms with E-state index < -0.39 is 4.92 Å². The van der Waals surface area contributed by atoms with Crippen molar-refractivity contribution in [3.8, 4) is 0 Å². The first kappa shape index (κ1) is 17.4. The van der Waals surface area contributed by atoms with E-state index >= 15 is 0 Å². The molecular weight excluding hydrogens is 322 g/mol. The zero-order valence-corrected chi connectivity index (χ0v) is 14.4. The number of likely N-dealkylation sites (tertiary alicyclic amines) is 1. The van der Waals surface area contributed by atoms with Crippen molar-refractivity contribution in [1.82, 2.24) is 4.90 Å². The zero-order chi connectivity index (χ0) is 18.0. The Morgan fingerprint density at radius 3 is 2.32 bits per heavy atom. The molecule has 2 aliphatic rings. The minimum Gasteiger partial charge on any atom is -0.366 e. The lowest BCUT2D eigenvalue weighted by molar-refractivity contribution is -0.384. The molecule has 2 aliphatic heterocycles. The SMILES string of the molecule is CC(=O)c1ccc(N2CCC(C(=O)N3CCCC3)CC2)c([N+](=O)[O-])c1. The van der Waals surface area contributed by atoms with E-state index in [2.05, 4.69) is 0 Å². The summed E-state index contributed by atoms with van der Waals surface area (Å²) in [5.74, 6) is 0.0630. The standard InChI is InChI=1S/C18H23N3O4/c1-13(22)15-4-5-16(17(12-15)21(24)25)19-10-6-14(7-11-19)18(23)20-8-2-3-9-20/h4-5,12,14H,2-3,6-11H2,1H3. The Labute approximate surface area is 146 Å². The fourth-order valence-electron chi connectivity index (χ4n) is 3.72. The number of nitro groups is 1. The van der Waals surface area contributed by atoms with Gasteiger partial charge in [0.15, 0.2) is 5.78 Å². The second kappa shape index (κ2) is 7.21. The lowest BCUT2D eigenvalue weighted by Crippen LogP contribution is -2.41.